The molecule has 1 unspecified atom stereocenters. The summed E-state index contributed by atoms with van der Waals surface area (Å²) >= 11 is 0. The summed E-state index contributed by atoms with van der Waals surface area (Å²) in [5, 5.41) is 11.4. The van der Waals surface area contributed by atoms with E-state index in [-0.39, 0.29) is 0 Å². The van der Waals surface area contributed by atoms with E-state index >= 15 is 0 Å². The highest BCUT2D eigenvalue weighted by atomic mass is 15.3. The normalized spacial score (nSPS) is 23.8. The summed E-state index contributed by atoms with van der Waals surface area (Å²) in [6.45, 7) is 11.5. The van der Waals surface area contributed by atoms with Gasteiger partial charge in [0.2, 0.25) is 0 Å². The van der Waals surface area contributed by atoms with Gasteiger partial charge in [0.1, 0.15) is 0 Å². The van der Waals surface area contributed by atoms with Crippen LogP contribution in [-0.4, -0.2) is 36.4 Å². The molecule has 1 aliphatic heterocycles. The summed E-state index contributed by atoms with van der Waals surface area (Å²) in [5.74, 6) is 2.03. The Bertz CT molecular complexity index is 457. The van der Waals surface area contributed by atoms with Crippen LogP contribution in [0.1, 0.15) is 44.9 Å². The largest absolute Gasteiger partial charge is 0.352 e. The lowest BCUT2D eigenvalue weighted by atomic mass is 9.69. The number of hydrogen-bond donors (Lipinski definition) is 2. The van der Waals surface area contributed by atoms with Gasteiger partial charge in [-0.15, -0.1) is 0 Å². The molecule has 20 heavy (non-hydrogen) atoms. The molecule has 1 aromatic heterocycles. The summed E-state index contributed by atoms with van der Waals surface area (Å²) < 4.78 is 0. The molecule has 2 heterocycles. The molecule has 2 N–H and O–H groups in total. The summed E-state index contributed by atoms with van der Waals surface area (Å²) in [5.41, 5.74) is 3.33. The number of aryl methyl sites for hydroxylation is 1. The number of aromatic nitrogens is 2. The standard InChI is InChI=1S/C16H28N4/c1-4-16(2,3)12-5-6-14-13(11-12)15(19-18-14)20-9-7-17-8-10-20/h12,17H,4-11H2,1-3H3,(H,18,19). The Hall–Kier alpha value is -1.03. The van der Waals surface area contributed by atoms with E-state index in [1.165, 1.54) is 42.8 Å². The molecule has 4 nitrogen and oxygen atoms in total. The van der Waals surface area contributed by atoms with Gasteiger partial charge in [-0.2, -0.15) is 5.10 Å². The first-order valence-electron chi connectivity index (χ1n) is 8.13. The Balaban J connectivity index is 1.82. The predicted molar refractivity (Wildman–Crippen MR) is 83.3 cm³/mol. The molecule has 1 atom stereocenters. The molecule has 2 aliphatic rings. The van der Waals surface area contributed by atoms with E-state index in [9.17, 15) is 0 Å². The van der Waals surface area contributed by atoms with E-state index in [1.807, 2.05) is 0 Å². The van der Waals surface area contributed by atoms with E-state index in [4.69, 9.17) is 0 Å². The molecular formula is C16H28N4. The first-order chi connectivity index (χ1) is 9.62. The number of rotatable bonds is 3. The highest BCUT2D eigenvalue weighted by Gasteiger charge is 2.34. The fourth-order valence-corrected chi connectivity index (χ4v) is 3.57. The average molecular weight is 276 g/mol. The average Bonchev–Trinajstić information content (AvgIpc) is 2.91. The van der Waals surface area contributed by atoms with Crippen LogP contribution in [0.5, 0.6) is 0 Å². The van der Waals surface area contributed by atoms with Crippen LogP contribution in [0.4, 0.5) is 5.82 Å². The lowest BCUT2D eigenvalue weighted by Crippen LogP contribution is -2.44. The number of fused-ring (bicyclic) bond motifs is 1. The van der Waals surface area contributed by atoms with Crippen molar-refractivity contribution in [3.05, 3.63) is 11.3 Å². The molecule has 0 spiro atoms. The minimum Gasteiger partial charge on any atom is -0.352 e. The van der Waals surface area contributed by atoms with E-state index < -0.39 is 0 Å². The van der Waals surface area contributed by atoms with Crippen LogP contribution >= 0.6 is 0 Å². The van der Waals surface area contributed by atoms with Crippen molar-refractivity contribution in [2.24, 2.45) is 11.3 Å². The molecular weight excluding hydrogens is 248 g/mol. The smallest absolute Gasteiger partial charge is 0.153 e. The minimum absolute atomic E-state index is 0.440. The van der Waals surface area contributed by atoms with Gasteiger partial charge in [-0.3, -0.25) is 5.10 Å². The Morgan fingerprint density at radius 1 is 1.30 bits per heavy atom. The predicted octanol–water partition coefficient (Wildman–Crippen LogP) is 2.36. The monoisotopic (exact) mass is 276 g/mol. The number of anilines is 1. The highest BCUT2D eigenvalue weighted by molar-refractivity contribution is 5.51. The van der Waals surface area contributed by atoms with Crippen molar-refractivity contribution in [1.29, 1.82) is 0 Å². The Morgan fingerprint density at radius 3 is 2.75 bits per heavy atom. The zero-order chi connectivity index (χ0) is 14.2. The molecule has 0 amide bonds. The maximum absolute atomic E-state index is 4.64. The van der Waals surface area contributed by atoms with Crippen LogP contribution in [0.25, 0.3) is 0 Å². The van der Waals surface area contributed by atoms with E-state index in [0.717, 1.165) is 32.1 Å². The number of aromatic amines is 1. The van der Waals surface area contributed by atoms with E-state index in [0.29, 0.717) is 5.41 Å². The molecule has 4 heteroatoms. The van der Waals surface area contributed by atoms with Crippen LogP contribution < -0.4 is 10.2 Å². The molecule has 0 radical (unpaired) electrons. The van der Waals surface area contributed by atoms with Crippen molar-refractivity contribution in [3.8, 4) is 0 Å². The second kappa shape index (κ2) is 5.40. The summed E-state index contributed by atoms with van der Waals surface area (Å²) in [4.78, 5) is 2.45. The zero-order valence-electron chi connectivity index (χ0n) is 13.1. The molecule has 0 bridgehead atoms. The third-order valence-corrected chi connectivity index (χ3v) is 5.56. The van der Waals surface area contributed by atoms with Gasteiger partial charge >= 0.3 is 0 Å². The van der Waals surface area contributed by atoms with Crippen molar-refractivity contribution in [1.82, 2.24) is 15.5 Å². The van der Waals surface area contributed by atoms with Crippen LogP contribution in [0.2, 0.25) is 0 Å². The van der Waals surface area contributed by atoms with Gasteiger partial charge < -0.3 is 10.2 Å². The van der Waals surface area contributed by atoms with Gasteiger partial charge in [0.15, 0.2) is 5.82 Å². The maximum Gasteiger partial charge on any atom is 0.153 e. The molecule has 0 aromatic carbocycles. The summed E-state index contributed by atoms with van der Waals surface area (Å²) in [6, 6.07) is 0. The van der Waals surface area contributed by atoms with Crippen molar-refractivity contribution in [3.63, 3.8) is 0 Å². The van der Waals surface area contributed by atoms with Crippen molar-refractivity contribution >= 4 is 5.82 Å². The molecule has 3 rings (SSSR count). The van der Waals surface area contributed by atoms with Crippen LogP contribution in [-0.2, 0) is 12.8 Å². The van der Waals surface area contributed by atoms with Crippen LogP contribution in [0.3, 0.4) is 0 Å². The topological polar surface area (TPSA) is 44.0 Å². The van der Waals surface area contributed by atoms with E-state index in [1.54, 1.807) is 0 Å². The van der Waals surface area contributed by atoms with Gasteiger partial charge in [-0.25, -0.2) is 0 Å². The highest BCUT2D eigenvalue weighted by Crippen LogP contribution is 2.41. The molecule has 1 aromatic rings. The van der Waals surface area contributed by atoms with Gasteiger partial charge in [0.25, 0.3) is 0 Å². The number of piperazine rings is 1. The molecule has 112 valence electrons. The third-order valence-electron chi connectivity index (χ3n) is 5.56. The second-order valence-electron chi connectivity index (χ2n) is 7.02. The van der Waals surface area contributed by atoms with Gasteiger partial charge in [0.05, 0.1) is 0 Å². The summed E-state index contributed by atoms with van der Waals surface area (Å²) in [7, 11) is 0. The molecule has 0 saturated carbocycles. The van der Waals surface area contributed by atoms with Gasteiger partial charge in [0, 0.05) is 37.4 Å². The minimum atomic E-state index is 0.440. The second-order valence-corrected chi connectivity index (χ2v) is 7.02. The summed E-state index contributed by atoms with van der Waals surface area (Å²) in [6.07, 6.45) is 4.93. The van der Waals surface area contributed by atoms with E-state index in [2.05, 4.69) is 41.2 Å². The fourth-order valence-electron chi connectivity index (χ4n) is 3.57. The molecule has 1 aliphatic carbocycles. The number of nitrogens with zero attached hydrogens (tertiary/aromatic N) is 2. The number of H-pyrrole nitrogens is 1. The van der Waals surface area contributed by atoms with Gasteiger partial charge in [-0.1, -0.05) is 27.2 Å². The van der Waals surface area contributed by atoms with Gasteiger partial charge in [-0.05, 0) is 30.6 Å². The first-order valence-corrected chi connectivity index (χ1v) is 8.13. The number of hydrogen-bond acceptors (Lipinski definition) is 3. The van der Waals surface area contributed by atoms with Crippen LogP contribution in [0, 0.1) is 11.3 Å². The van der Waals surface area contributed by atoms with Crippen molar-refractivity contribution in [2.45, 2.75) is 46.5 Å². The Kier molecular flexibility index (Phi) is 3.76. The van der Waals surface area contributed by atoms with Crippen molar-refractivity contribution in [2.75, 3.05) is 31.1 Å². The Morgan fingerprint density at radius 2 is 2.05 bits per heavy atom. The third kappa shape index (κ3) is 2.46. The quantitative estimate of drug-likeness (QED) is 0.891. The molecule has 1 saturated heterocycles. The Labute approximate surface area is 122 Å². The first kappa shape index (κ1) is 13.9. The maximum atomic E-state index is 4.64. The lowest BCUT2D eigenvalue weighted by Gasteiger charge is -2.37. The number of nitrogens with one attached hydrogen (secondary N) is 2. The lowest BCUT2D eigenvalue weighted by molar-refractivity contribution is 0.182. The SMILES string of the molecule is CCC(C)(C)C1CCc2[nH]nc(N3CCNCC3)c2C1. The molecule has 1 fully saturated rings. The van der Waals surface area contributed by atoms with Crippen LogP contribution in [0.15, 0.2) is 0 Å². The van der Waals surface area contributed by atoms with Crippen molar-refractivity contribution < 1.29 is 0 Å². The zero-order valence-corrected chi connectivity index (χ0v) is 13.1. The fraction of sp³-hybridized carbons (Fsp3) is 0.812.